The summed E-state index contributed by atoms with van der Waals surface area (Å²) in [6.45, 7) is 10.9. The molecular weight excluding hydrogens is 272 g/mol. The highest BCUT2D eigenvalue weighted by molar-refractivity contribution is 5.95. The normalized spacial score (nSPS) is 18.8. The van der Waals surface area contributed by atoms with Gasteiger partial charge in [0.15, 0.2) is 0 Å². The first-order chi connectivity index (χ1) is 10.3. The highest BCUT2D eigenvalue weighted by atomic mass is 16.4. The lowest BCUT2D eigenvalue weighted by Gasteiger charge is -2.22. The van der Waals surface area contributed by atoms with E-state index < -0.39 is 0 Å². The molecule has 0 bridgehead atoms. The third-order valence-electron chi connectivity index (χ3n) is 5.09. The van der Waals surface area contributed by atoms with Crippen molar-refractivity contribution in [2.24, 2.45) is 11.1 Å². The number of oxime groups is 1. The fourth-order valence-corrected chi connectivity index (χ4v) is 3.46. The van der Waals surface area contributed by atoms with E-state index in [0.29, 0.717) is 5.92 Å². The minimum Gasteiger partial charge on any atom is -0.411 e. The molecule has 22 heavy (non-hydrogen) atoms. The summed E-state index contributed by atoms with van der Waals surface area (Å²) in [6, 6.07) is 4.30. The van der Waals surface area contributed by atoms with Crippen LogP contribution in [-0.2, 0) is 0 Å². The standard InChI is InChI=1S/C19H26N2O/c1-11-12(2)14(4)19(13(11)3)16-8-9-18(21(6)7)15(5)17(16)10-20-22/h8-10,13,22H,1-7H3/b20-10+. The maximum atomic E-state index is 9.11. The Morgan fingerprint density at radius 3 is 2.18 bits per heavy atom. The molecule has 118 valence electrons. The Morgan fingerprint density at radius 2 is 1.73 bits per heavy atom. The molecule has 1 aromatic rings. The molecule has 1 aromatic carbocycles. The van der Waals surface area contributed by atoms with Crippen LogP contribution in [0, 0.1) is 12.8 Å². The van der Waals surface area contributed by atoms with E-state index >= 15 is 0 Å². The van der Waals surface area contributed by atoms with Gasteiger partial charge in [0, 0.05) is 31.3 Å². The number of nitrogens with zero attached hydrogens (tertiary/aromatic N) is 2. The van der Waals surface area contributed by atoms with Crippen LogP contribution in [0.3, 0.4) is 0 Å². The van der Waals surface area contributed by atoms with Gasteiger partial charge in [-0.15, -0.1) is 0 Å². The van der Waals surface area contributed by atoms with Crippen LogP contribution in [0.2, 0.25) is 0 Å². The van der Waals surface area contributed by atoms with Crippen LogP contribution in [0.4, 0.5) is 5.69 Å². The predicted molar refractivity (Wildman–Crippen MR) is 95.0 cm³/mol. The summed E-state index contributed by atoms with van der Waals surface area (Å²) in [5, 5.41) is 12.4. The van der Waals surface area contributed by atoms with Crippen molar-refractivity contribution in [3.05, 3.63) is 45.5 Å². The minimum absolute atomic E-state index is 0.399. The molecule has 3 nitrogen and oxygen atoms in total. The van der Waals surface area contributed by atoms with Gasteiger partial charge in [-0.05, 0) is 61.6 Å². The second kappa shape index (κ2) is 5.99. The van der Waals surface area contributed by atoms with Gasteiger partial charge in [0.05, 0.1) is 6.21 Å². The van der Waals surface area contributed by atoms with Crippen LogP contribution in [0.5, 0.6) is 0 Å². The van der Waals surface area contributed by atoms with Crippen LogP contribution < -0.4 is 4.90 Å². The van der Waals surface area contributed by atoms with Gasteiger partial charge in [0.1, 0.15) is 0 Å². The number of anilines is 1. The zero-order valence-electron chi connectivity index (χ0n) is 14.7. The first kappa shape index (κ1) is 16.3. The molecular formula is C19H26N2O. The first-order valence-corrected chi connectivity index (χ1v) is 7.68. The molecule has 0 aromatic heterocycles. The van der Waals surface area contributed by atoms with Gasteiger partial charge >= 0.3 is 0 Å². The fraction of sp³-hybridized carbons (Fsp3) is 0.421. The van der Waals surface area contributed by atoms with Gasteiger partial charge in [-0.2, -0.15) is 0 Å². The van der Waals surface area contributed by atoms with E-state index in [4.69, 9.17) is 5.21 Å². The molecule has 1 aliphatic carbocycles. The number of hydrogen-bond acceptors (Lipinski definition) is 3. The van der Waals surface area contributed by atoms with E-state index in [0.717, 1.165) is 16.8 Å². The SMILES string of the molecule is CC1=C(C)C(C)C(c2ccc(N(C)C)c(C)c2/C=N/O)=C1C. The lowest BCUT2D eigenvalue weighted by atomic mass is 9.87. The van der Waals surface area contributed by atoms with Gasteiger partial charge < -0.3 is 10.1 Å². The van der Waals surface area contributed by atoms with E-state index in [9.17, 15) is 0 Å². The maximum Gasteiger partial charge on any atom is 0.0743 e. The van der Waals surface area contributed by atoms with Crippen molar-refractivity contribution in [2.45, 2.75) is 34.6 Å². The van der Waals surface area contributed by atoms with Crippen molar-refractivity contribution in [1.82, 2.24) is 0 Å². The van der Waals surface area contributed by atoms with Gasteiger partial charge in [-0.3, -0.25) is 0 Å². The van der Waals surface area contributed by atoms with E-state index in [1.54, 1.807) is 6.21 Å². The van der Waals surface area contributed by atoms with Crippen LogP contribution in [0.15, 0.2) is 34.0 Å². The summed E-state index contributed by atoms with van der Waals surface area (Å²) in [6.07, 6.45) is 1.56. The third kappa shape index (κ3) is 2.45. The summed E-state index contributed by atoms with van der Waals surface area (Å²) in [4.78, 5) is 2.09. The van der Waals surface area contributed by atoms with Gasteiger partial charge in [-0.1, -0.05) is 23.7 Å². The molecule has 0 saturated carbocycles. The molecule has 0 radical (unpaired) electrons. The van der Waals surface area contributed by atoms with Crippen molar-refractivity contribution in [3.63, 3.8) is 0 Å². The van der Waals surface area contributed by atoms with E-state index in [-0.39, 0.29) is 0 Å². The number of allylic oxidation sites excluding steroid dienone is 4. The Labute approximate surface area is 133 Å². The Kier molecular flexibility index (Phi) is 4.45. The molecule has 0 heterocycles. The van der Waals surface area contributed by atoms with Crippen molar-refractivity contribution in [2.75, 3.05) is 19.0 Å². The Morgan fingerprint density at radius 1 is 1.09 bits per heavy atom. The number of rotatable bonds is 3. The molecule has 0 spiro atoms. The van der Waals surface area contributed by atoms with Crippen LogP contribution in [0.1, 0.15) is 44.4 Å². The van der Waals surface area contributed by atoms with Crippen LogP contribution in [0.25, 0.3) is 5.57 Å². The summed E-state index contributed by atoms with van der Waals surface area (Å²) in [5.41, 5.74) is 9.93. The first-order valence-electron chi connectivity index (χ1n) is 7.68. The third-order valence-corrected chi connectivity index (χ3v) is 5.09. The molecule has 1 atom stereocenters. The maximum absolute atomic E-state index is 9.11. The van der Waals surface area contributed by atoms with Crippen molar-refractivity contribution < 1.29 is 5.21 Å². The zero-order valence-corrected chi connectivity index (χ0v) is 14.7. The monoisotopic (exact) mass is 298 g/mol. The van der Waals surface area contributed by atoms with Gasteiger partial charge in [-0.25, -0.2) is 0 Å². The Hall–Kier alpha value is -2.03. The second-order valence-corrected chi connectivity index (χ2v) is 6.38. The summed E-state index contributed by atoms with van der Waals surface area (Å²) in [5.74, 6) is 0.399. The Bertz CT molecular complexity index is 694. The summed E-state index contributed by atoms with van der Waals surface area (Å²) < 4.78 is 0. The molecule has 1 aliphatic rings. The number of benzene rings is 1. The summed E-state index contributed by atoms with van der Waals surface area (Å²) >= 11 is 0. The second-order valence-electron chi connectivity index (χ2n) is 6.38. The molecule has 0 fully saturated rings. The molecule has 2 rings (SSSR count). The minimum atomic E-state index is 0.399. The molecule has 1 N–H and O–H groups in total. The van der Waals surface area contributed by atoms with Crippen LogP contribution in [-0.4, -0.2) is 25.5 Å². The largest absolute Gasteiger partial charge is 0.411 e. The van der Waals surface area contributed by atoms with E-state index in [1.807, 2.05) is 14.1 Å². The van der Waals surface area contributed by atoms with E-state index in [2.05, 4.69) is 56.8 Å². The van der Waals surface area contributed by atoms with Crippen LogP contribution >= 0.6 is 0 Å². The fourth-order valence-electron chi connectivity index (χ4n) is 3.46. The average molecular weight is 298 g/mol. The quantitative estimate of drug-likeness (QED) is 0.502. The zero-order chi connectivity index (χ0) is 16.6. The smallest absolute Gasteiger partial charge is 0.0743 e. The topological polar surface area (TPSA) is 35.8 Å². The van der Waals surface area contributed by atoms with E-state index in [1.165, 1.54) is 27.9 Å². The van der Waals surface area contributed by atoms with Crippen molar-refractivity contribution in [1.29, 1.82) is 0 Å². The molecule has 0 saturated heterocycles. The van der Waals surface area contributed by atoms with Gasteiger partial charge in [0.25, 0.3) is 0 Å². The number of hydrogen-bond donors (Lipinski definition) is 1. The summed E-state index contributed by atoms with van der Waals surface area (Å²) in [7, 11) is 4.06. The molecule has 3 heteroatoms. The van der Waals surface area contributed by atoms with Crippen molar-refractivity contribution >= 4 is 17.5 Å². The molecule has 0 amide bonds. The highest BCUT2D eigenvalue weighted by Crippen LogP contribution is 2.44. The highest BCUT2D eigenvalue weighted by Gasteiger charge is 2.26. The predicted octanol–water partition coefficient (Wildman–Crippen LogP) is 4.63. The average Bonchev–Trinajstić information content (AvgIpc) is 2.65. The molecule has 0 aliphatic heterocycles. The lowest BCUT2D eigenvalue weighted by Crippen LogP contribution is -2.13. The molecule has 1 unspecified atom stereocenters. The van der Waals surface area contributed by atoms with Gasteiger partial charge in [0.2, 0.25) is 0 Å². The lowest BCUT2D eigenvalue weighted by molar-refractivity contribution is 0.322. The Balaban J connectivity index is 2.71. The van der Waals surface area contributed by atoms with Crippen molar-refractivity contribution in [3.8, 4) is 0 Å².